The summed E-state index contributed by atoms with van der Waals surface area (Å²) in [6, 6.07) is 0. The molecule has 0 aromatic carbocycles. The standard InChI is InChI=1S/C10H8F14/c1-4(11,12)6(15,9(19,20)21)3-7(16,17)8(18,5(2,13)14)10(22,23)24/h3H2,1-2H3. The second-order valence-electron chi connectivity index (χ2n) is 5.11. The Labute approximate surface area is 124 Å². The van der Waals surface area contributed by atoms with Crippen LogP contribution < -0.4 is 0 Å². The Hall–Kier alpha value is -0.980. The minimum absolute atomic E-state index is 0.922. The number of hydrogen-bond donors (Lipinski definition) is 0. The highest BCUT2D eigenvalue weighted by atomic mass is 19.4. The third-order valence-corrected chi connectivity index (χ3v) is 3.11. The summed E-state index contributed by atoms with van der Waals surface area (Å²) < 4.78 is 179. The van der Waals surface area contributed by atoms with Gasteiger partial charge in [-0.3, -0.25) is 0 Å². The molecule has 14 heteroatoms. The minimum Gasteiger partial charge on any atom is -0.227 e. The van der Waals surface area contributed by atoms with E-state index in [2.05, 4.69) is 0 Å². The smallest absolute Gasteiger partial charge is 0.227 e. The van der Waals surface area contributed by atoms with Gasteiger partial charge in [-0.25, -0.2) is 35.1 Å². The first kappa shape index (κ1) is 23.0. The molecule has 24 heavy (non-hydrogen) atoms. The van der Waals surface area contributed by atoms with Crippen molar-refractivity contribution >= 4 is 0 Å². The Balaban J connectivity index is 6.42. The zero-order valence-electron chi connectivity index (χ0n) is 11.5. The molecule has 0 amide bonds. The van der Waals surface area contributed by atoms with Gasteiger partial charge in [0.25, 0.3) is 23.4 Å². The third-order valence-electron chi connectivity index (χ3n) is 3.11. The molecular weight excluding hydrogens is 386 g/mol. The maximum atomic E-state index is 13.5. The molecule has 0 saturated carbocycles. The van der Waals surface area contributed by atoms with Crippen molar-refractivity contribution in [1.82, 2.24) is 0 Å². The Morgan fingerprint density at radius 3 is 1.00 bits per heavy atom. The molecule has 0 rings (SSSR count). The van der Waals surface area contributed by atoms with Crippen LogP contribution in [0.1, 0.15) is 20.3 Å². The monoisotopic (exact) mass is 394 g/mol. The van der Waals surface area contributed by atoms with Crippen LogP contribution in [0.4, 0.5) is 61.5 Å². The average molecular weight is 394 g/mol. The van der Waals surface area contributed by atoms with Gasteiger partial charge in [-0.2, -0.15) is 26.3 Å². The summed E-state index contributed by atoms with van der Waals surface area (Å²) in [4.78, 5) is 0. The van der Waals surface area contributed by atoms with Gasteiger partial charge in [0, 0.05) is 13.8 Å². The topological polar surface area (TPSA) is 0 Å². The fourth-order valence-corrected chi connectivity index (χ4v) is 1.71. The van der Waals surface area contributed by atoms with Crippen LogP contribution in [0.15, 0.2) is 0 Å². The third kappa shape index (κ3) is 3.37. The van der Waals surface area contributed by atoms with Gasteiger partial charge in [0.2, 0.25) is 0 Å². The summed E-state index contributed by atoms with van der Waals surface area (Å²) in [5.41, 5.74) is -13.4. The van der Waals surface area contributed by atoms with E-state index in [1.54, 1.807) is 0 Å². The molecular formula is C10H8F14. The lowest BCUT2D eigenvalue weighted by Gasteiger charge is -2.42. The van der Waals surface area contributed by atoms with Crippen molar-refractivity contribution in [2.45, 2.75) is 61.7 Å². The van der Waals surface area contributed by atoms with Gasteiger partial charge in [-0.05, 0) is 0 Å². The van der Waals surface area contributed by atoms with Crippen LogP contribution >= 0.6 is 0 Å². The summed E-state index contributed by atoms with van der Waals surface area (Å²) in [5.74, 6) is -18.8. The van der Waals surface area contributed by atoms with E-state index >= 15 is 0 Å². The van der Waals surface area contributed by atoms with Crippen molar-refractivity contribution < 1.29 is 61.5 Å². The predicted molar refractivity (Wildman–Crippen MR) is 50.6 cm³/mol. The van der Waals surface area contributed by atoms with Crippen LogP contribution in [0.25, 0.3) is 0 Å². The largest absolute Gasteiger partial charge is 0.434 e. The van der Waals surface area contributed by atoms with Crippen molar-refractivity contribution in [3.05, 3.63) is 0 Å². The minimum atomic E-state index is -7.20. The molecule has 0 aliphatic heterocycles. The second-order valence-corrected chi connectivity index (χ2v) is 5.11. The molecule has 0 spiro atoms. The van der Waals surface area contributed by atoms with E-state index < -0.39 is 61.7 Å². The Bertz CT molecular complexity index is 416. The molecule has 0 heterocycles. The normalized spacial score (nSPS) is 20.5. The lowest BCUT2D eigenvalue weighted by molar-refractivity contribution is -0.383. The molecule has 0 fully saturated rings. The second kappa shape index (κ2) is 5.51. The lowest BCUT2D eigenvalue weighted by Crippen LogP contribution is -2.68. The highest BCUT2D eigenvalue weighted by Gasteiger charge is 2.84. The molecule has 2 atom stereocenters. The highest BCUT2D eigenvalue weighted by Crippen LogP contribution is 2.59. The van der Waals surface area contributed by atoms with E-state index in [0.29, 0.717) is 0 Å². The Kier molecular flexibility index (Phi) is 5.29. The van der Waals surface area contributed by atoms with Crippen molar-refractivity contribution in [2.75, 3.05) is 0 Å². The van der Waals surface area contributed by atoms with Crippen molar-refractivity contribution in [3.63, 3.8) is 0 Å². The van der Waals surface area contributed by atoms with Gasteiger partial charge in [-0.1, -0.05) is 0 Å². The molecule has 0 radical (unpaired) electrons. The van der Waals surface area contributed by atoms with Crippen molar-refractivity contribution in [3.8, 4) is 0 Å². The van der Waals surface area contributed by atoms with Crippen LogP contribution in [0.5, 0.6) is 0 Å². The van der Waals surface area contributed by atoms with Gasteiger partial charge in [0.15, 0.2) is 0 Å². The summed E-state index contributed by atoms with van der Waals surface area (Å²) in [6.07, 6.45) is -18.3. The van der Waals surface area contributed by atoms with Gasteiger partial charge < -0.3 is 0 Å². The SMILES string of the molecule is CC(F)(F)C(F)(CC(F)(F)C(F)(C(C)(F)F)C(F)(F)F)C(F)(F)F. The summed E-state index contributed by atoms with van der Waals surface area (Å²) in [7, 11) is 0. The highest BCUT2D eigenvalue weighted by molar-refractivity contribution is 5.12. The predicted octanol–water partition coefficient (Wildman–Crippen LogP) is 5.86. The molecule has 2 unspecified atom stereocenters. The molecule has 0 aliphatic rings. The van der Waals surface area contributed by atoms with Crippen LogP contribution in [0, 0.1) is 0 Å². The van der Waals surface area contributed by atoms with E-state index in [1.165, 1.54) is 0 Å². The number of alkyl halides is 14. The molecule has 0 N–H and O–H groups in total. The maximum Gasteiger partial charge on any atom is 0.434 e. The summed E-state index contributed by atoms with van der Waals surface area (Å²) >= 11 is 0. The zero-order chi connectivity index (χ0) is 20.2. The quantitative estimate of drug-likeness (QED) is 0.513. The van der Waals surface area contributed by atoms with Crippen molar-refractivity contribution in [2.24, 2.45) is 0 Å². The van der Waals surface area contributed by atoms with Crippen LogP contribution in [-0.2, 0) is 0 Å². The van der Waals surface area contributed by atoms with Crippen LogP contribution in [0.3, 0.4) is 0 Å². The Morgan fingerprint density at radius 1 is 0.500 bits per heavy atom. The fourth-order valence-electron chi connectivity index (χ4n) is 1.71. The molecule has 0 bridgehead atoms. The van der Waals surface area contributed by atoms with E-state index in [0.717, 1.165) is 0 Å². The number of rotatable bonds is 5. The zero-order valence-corrected chi connectivity index (χ0v) is 11.5. The average Bonchev–Trinajstić information content (AvgIpc) is 2.20. The first-order valence-electron chi connectivity index (χ1n) is 5.60. The van der Waals surface area contributed by atoms with E-state index in [-0.39, 0.29) is 0 Å². The summed E-state index contributed by atoms with van der Waals surface area (Å²) in [6.45, 7) is -1.99. The molecule has 0 aromatic heterocycles. The maximum absolute atomic E-state index is 13.5. The first-order chi connectivity index (χ1) is 9.96. The van der Waals surface area contributed by atoms with Gasteiger partial charge in [-0.15, -0.1) is 0 Å². The van der Waals surface area contributed by atoms with Crippen LogP contribution in [0.2, 0.25) is 0 Å². The van der Waals surface area contributed by atoms with Crippen molar-refractivity contribution in [1.29, 1.82) is 0 Å². The van der Waals surface area contributed by atoms with Gasteiger partial charge in [0.1, 0.15) is 0 Å². The Morgan fingerprint density at radius 2 is 0.833 bits per heavy atom. The van der Waals surface area contributed by atoms with E-state index in [4.69, 9.17) is 0 Å². The first-order valence-corrected chi connectivity index (χ1v) is 5.60. The number of hydrogen-bond acceptors (Lipinski definition) is 0. The molecule has 0 aliphatic carbocycles. The number of halogens is 14. The van der Waals surface area contributed by atoms with E-state index in [9.17, 15) is 61.5 Å². The molecule has 146 valence electrons. The van der Waals surface area contributed by atoms with Gasteiger partial charge in [0.05, 0.1) is 6.42 Å². The molecule has 0 aromatic rings. The fraction of sp³-hybridized carbons (Fsp3) is 1.00. The van der Waals surface area contributed by atoms with Gasteiger partial charge >= 0.3 is 18.0 Å². The molecule has 0 nitrogen and oxygen atoms in total. The lowest BCUT2D eigenvalue weighted by atomic mass is 9.81. The molecule has 0 saturated heterocycles. The van der Waals surface area contributed by atoms with Crippen LogP contribution in [-0.4, -0.2) is 41.5 Å². The summed E-state index contributed by atoms with van der Waals surface area (Å²) in [5, 5.41) is 0. The van der Waals surface area contributed by atoms with E-state index in [1.807, 2.05) is 0 Å².